The molecule has 1 unspecified atom stereocenters. The first kappa shape index (κ1) is 13.6. The summed E-state index contributed by atoms with van der Waals surface area (Å²) in [6.45, 7) is 3.98. The second-order valence-electron chi connectivity index (χ2n) is 4.94. The molecule has 2 N–H and O–H groups in total. The molecule has 1 fully saturated rings. The molecule has 2 atom stereocenters. The molecule has 2 rings (SSSR count). The molecule has 0 spiro atoms. The van der Waals surface area contributed by atoms with Gasteiger partial charge in [-0.2, -0.15) is 0 Å². The van der Waals surface area contributed by atoms with Crippen molar-refractivity contribution in [3.05, 3.63) is 34.3 Å². The molecular weight excluding hydrogens is 292 g/mol. The van der Waals surface area contributed by atoms with Gasteiger partial charge in [0.1, 0.15) is 0 Å². The van der Waals surface area contributed by atoms with Crippen molar-refractivity contribution < 1.29 is 4.79 Å². The number of halogens is 1. The minimum Gasteiger partial charge on any atom is -0.352 e. The van der Waals surface area contributed by atoms with E-state index in [2.05, 4.69) is 45.6 Å². The van der Waals surface area contributed by atoms with Crippen molar-refractivity contribution in [1.29, 1.82) is 0 Å². The lowest BCUT2D eigenvalue weighted by atomic mass is 10.1. The molecule has 0 saturated heterocycles. The fraction of sp³-hybridized carbons (Fsp3) is 0.500. The highest BCUT2D eigenvalue weighted by atomic mass is 79.9. The molecule has 1 aliphatic rings. The Hall–Kier alpha value is -0.870. The Balaban J connectivity index is 1.87. The molecule has 1 saturated carbocycles. The molecule has 1 amide bonds. The van der Waals surface area contributed by atoms with Gasteiger partial charge in [0.15, 0.2) is 0 Å². The van der Waals surface area contributed by atoms with Gasteiger partial charge in [0.05, 0.1) is 6.04 Å². The Bertz CT molecular complexity index is 414. The third kappa shape index (κ3) is 3.82. The zero-order valence-corrected chi connectivity index (χ0v) is 12.3. The largest absolute Gasteiger partial charge is 0.352 e. The lowest BCUT2D eigenvalue weighted by Gasteiger charge is -2.20. The molecule has 0 aromatic heterocycles. The minimum atomic E-state index is -0.163. The van der Waals surface area contributed by atoms with Gasteiger partial charge in [-0.25, -0.2) is 0 Å². The second kappa shape index (κ2) is 5.85. The summed E-state index contributed by atoms with van der Waals surface area (Å²) in [5.74, 6) is 0.0986. The number of rotatable bonds is 5. The maximum absolute atomic E-state index is 11.8. The monoisotopic (exact) mass is 310 g/mol. The fourth-order valence-electron chi connectivity index (χ4n) is 1.85. The number of nitrogens with one attached hydrogen (secondary N) is 2. The average Bonchev–Trinajstić information content (AvgIpc) is 3.13. The number of carbonyl (C=O) groups is 1. The maximum atomic E-state index is 11.8. The lowest BCUT2D eigenvalue weighted by molar-refractivity contribution is -0.123. The Kier molecular flexibility index (Phi) is 4.40. The van der Waals surface area contributed by atoms with Gasteiger partial charge in [-0.3, -0.25) is 10.1 Å². The topological polar surface area (TPSA) is 41.1 Å². The van der Waals surface area contributed by atoms with Gasteiger partial charge < -0.3 is 5.32 Å². The molecule has 0 radical (unpaired) electrons. The third-order valence-electron chi connectivity index (χ3n) is 3.19. The van der Waals surface area contributed by atoms with Crippen LogP contribution in [0.3, 0.4) is 0 Å². The van der Waals surface area contributed by atoms with Crippen LogP contribution < -0.4 is 10.6 Å². The van der Waals surface area contributed by atoms with Crippen molar-refractivity contribution in [3.8, 4) is 0 Å². The van der Waals surface area contributed by atoms with Gasteiger partial charge in [-0.15, -0.1) is 0 Å². The molecular formula is C14H19BrN2O. The second-order valence-corrected chi connectivity index (χ2v) is 5.86. The van der Waals surface area contributed by atoms with Crippen LogP contribution in [0.15, 0.2) is 28.7 Å². The summed E-state index contributed by atoms with van der Waals surface area (Å²) >= 11 is 3.42. The van der Waals surface area contributed by atoms with Crippen LogP contribution in [0.4, 0.5) is 0 Å². The van der Waals surface area contributed by atoms with E-state index in [1.165, 1.54) is 5.56 Å². The smallest absolute Gasteiger partial charge is 0.237 e. The van der Waals surface area contributed by atoms with E-state index in [1.54, 1.807) is 0 Å². The molecule has 0 aliphatic heterocycles. The SMILES string of the molecule is CC(N[C@@H](C)c1ccc(Br)cc1)C(=O)NC1CC1. The first-order chi connectivity index (χ1) is 8.56. The van der Waals surface area contributed by atoms with E-state index in [9.17, 15) is 4.79 Å². The number of hydrogen-bond acceptors (Lipinski definition) is 2. The summed E-state index contributed by atoms with van der Waals surface area (Å²) in [6.07, 6.45) is 2.25. The van der Waals surface area contributed by atoms with Crippen LogP contribution in [0.25, 0.3) is 0 Å². The predicted octanol–water partition coefficient (Wildman–Crippen LogP) is 2.77. The van der Waals surface area contributed by atoms with E-state index >= 15 is 0 Å². The summed E-state index contributed by atoms with van der Waals surface area (Å²) in [4.78, 5) is 11.8. The van der Waals surface area contributed by atoms with Crippen molar-refractivity contribution in [2.45, 2.75) is 44.8 Å². The molecule has 3 nitrogen and oxygen atoms in total. The molecule has 1 aromatic rings. The van der Waals surface area contributed by atoms with Crippen molar-refractivity contribution in [2.24, 2.45) is 0 Å². The van der Waals surface area contributed by atoms with Crippen LogP contribution in [0.1, 0.15) is 38.3 Å². The summed E-state index contributed by atoms with van der Waals surface area (Å²) in [6, 6.07) is 8.58. The number of benzene rings is 1. The van der Waals surface area contributed by atoms with Crippen LogP contribution in [-0.4, -0.2) is 18.0 Å². The molecule has 18 heavy (non-hydrogen) atoms. The Morgan fingerprint density at radius 1 is 1.28 bits per heavy atom. The van der Waals surface area contributed by atoms with Crippen LogP contribution >= 0.6 is 15.9 Å². The highest BCUT2D eigenvalue weighted by Gasteiger charge is 2.26. The highest BCUT2D eigenvalue weighted by molar-refractivity contribution is 9.10. The van der Waals surface area contributed by atoms with E-state index in [1.807, 2.05) is 19.1 Å². The highest BCUT2D eigenvalue weighted by Crippen LogP contribution is 2.19. The van der Waals surface area contributed by atoms with Crippen LogP contribution in [0.2, 0.25) is 0 Å². The number of carbonyl (C=O) groups excluding carboxylic acids is 1. The van der Waals surface area contributed by atoms with Crippen molar-refractivity contribution in [1.82, 2.24) is 10.6 Å². The molecule has 0 heterocycles. The van der Waals surface area contributed by atoms with Gasteiger partial charge in [0.25, 0.3) is 0 Å². The first-order valence-electron chi connectivity index (χ1n) is 6.38. The Labute approximate surface area is 116 Å². The fourth-order valence-corrected chi connectivity index (χ4v) is 2.12. The summed E-state index contributed by atoms with van der Waals surface area (Å²) < 4.78 is 1.07. The minimum absolute atomic E-state index is 0.0986. The van der Waals surface area contributed by atoms with E-state index in [-0.39, 0.29) is 18.0 Å². The van der Waals surface area contributed by atoms with Gasteiger partial charge in [0.2, 0.25) is 5.91 Å². The molecule has 1 aromatic carbocycles. The van der Waals surface area contributed by atoms with Crippen LogP contribution in [-0.2, 0) is 4.79 Å². The van der Waals surface area contributed by atoms with E-state index in [0.717, 1.165) is 17.3 Å². The van der Waals surface area contributed by atoms with E-state index in [0.29, 0.717) is 6.04 Å². The molecule has 0 bridgehead atoms. The Morgan fingerprint density at radius 3 is 2.44 bits per heavy atom. The van der Waals surface area contributed by atoms with Crippen LogP contribution in [0, 0.1) is 0 Å². The zero-order chi connectivity index (χ0) is 13.1. The van der Waals surface area contributed by atoms with Crippen molar-refractivity contribution in [2.75, 3.05) is 0 Å². The quantitative estimate of drug-likeness (QED) is 0.878. The number of amides is 1. The van der Waals surface area contributed by atoms with Crippen molar-refractivity contribution >= 4 is 21.8 Å². The summed E-state index contributed by atoms with van der Waals surface area (Å²) in [5.41, 5.74) is 1.18. The average molecular weight is 311 g/mol. The lowest BCUT2D eigenvalue weighted by Crippen LogP contribution is -2.43. The maximum Gasteiger partial charge on any atom is 0.237 e. The molecule has 98 valence electrons. The van der Waals surface area contributed by atoms with E-state index < -0.39 is 0 Å². The number of hydrogen-bond donors (Lipinski definition) is 2. The Morgan fingerprint density at radius 2 is 1.89 bits per heavy atom. The van der Waals surface area contributed by atoms with Gasteiger partial charge in [-0.05, 0) is 44.4 Å². The van der Waals surface area contributed by atoms with Gasteiger partial charge >= 0.3 is 0 Å². The van der Waals surface area contributed by atoms with Crippen molar-refractivity contribution in [3.63, 3.8) is 0 Å². The molecule has 4 heteroatoms. The molecule has 1 aliphatic carbocycles. The van der Waals surface area contributed by atoms with Gasteiger partial charge in [0, 0.05) is 16.6 Å². The summed E-state index contributed by atoms with van der Waals surface area (Å²) in [7, 11) is 0. The van der Waals surface area contributed by atoms with Crippen LogP contribution in [0.5, 0.6) is 0 Å². The normalized spacial score (nSPS) is 18.2. The standard InChI is InChI=1S/C14H19BrN2O/c1-9(11-3-5-12(15)6-4-11)16-10(2)14(18)17-13-7-8-13/h3-6,9-10,13,16H,7-8H2,1-2H3,(H,17,18)/t9-,10?/m0/s1. The summed E-state index contributed by atoms with van der Waals surface area (Å²) in [5, 5.41) is 6.33. The first-order valence-corrected chi connectivity index (χ1v) is 7.17. The van der Waals surface area contributed by atoms with E-state index in [4.69, 9.17) is 0 Å². The zero-order valence-electron chi connectivity index (χ0n) is 10.7. The third-order valence-corrected chi connectivity index (χ3v) is 3.72. The predicted molar refractivity (Wildman–Crippen MR) is 76.3 cm³/mol. The van der Waals surface area contributed by atoms with Gasteiger partial charge in [-0.1, -0.05) is 28.1 Å².